The van der Waals surface area contributed by atoms with Crippen LogP contribution in [0.25, 0.3) is 0 Å². The summed E-state index contributed by atoms with van der Waals surface area (Å²) in [6.07, 6.45) is -4.30. The second-order valence-corrected chi connectivity index (χ2v) is 2.38. The maximum atomic E-state index is 11.6. The van der Waals surface area contributed by atoms with E-state index in [-0.39, 0.29) is 12.1 Å². The summed E-state index contributed by atoms with van der Waals surface area (Å²) in [6.45, 7) is 2.14. The topological polar surface area (TPSA) is 20.3 Å². The SMILES string of the molecule is C=C1CN(CC(F)(F)F)C1=O. The molecule has 0 saturated carbocycles. The average Bonchev–Trinajstić information content (AvgIpc) is 1.84. The third-order valence-corrected chi connectivity index (χ3v) is 1.34. The predicted molar refractivity (Wildman–Crippen MR) is 31.8 cm³/mol. The summed E-state index contributed by atoms with van der Waals surface area (Å²) in [4.78, 5) is 11.3. The first-order chi connectivity index (χ1) is 4.90. The summed E-state index contributed by atoms with van der Waals surface area (Å²) >= 11 is 0. The van der Waals surface area contributed by atoms with Gasteiger partial charge in [-0.15, -0.1) is 0 Å². The molecular formula is C6H6F3NO. The molecule has 0 unspecified atom stereocenters. The molecule has 1 saturated heterocycles. The van der Waals surface area contributed by atoms with Crippen molar-refractivity contribution in [2.75, 3.05) is 13.1 Å². The van der Waals surface area contributed by atoms with E-state index in [2.05, 4.69) is 6.58 Å². The first kappa shape index (κ1) is 8.10. The van der Waals surface area contributed by atoms with Crippen LogP contribution in [0.15, 0.2) is 12.2 Å². The Labute approximate surface area is 61.3 Å². The molecule has 0 radical (unpaired) electrons. The van der Waals surface area contributed by atoms with Crippen LogP contribution in [-0.2, 0) is 4.79 Å². The van der Waals surface area contributed by atoms with Gasteiger partial charge in [0.05, 0.1) is 6.54 Å². The number of amides is 1. The number of carbonyl (C=O) groups is 1. The standard InChI is InChI=1S/C6H6F3NO/c1-4-2-10(5(4)11)3-6(7,8)9/h1-3H2. The summed E-state index contributed by atoms with van der Waals surface area (Å²) in [6, 6.07) is 0. The fraction of sp³-hybridized carbons (Fsp3) is 0.500. The highest BCUT2D eigenvalue weighted by Gasteiger charge is 2.38. The first-order valence-electron chi connectivity index (χ1n) is 2.94. The molecule has 1 fully saturated rings. The minimum Gasteiger partial charge on any atom is -0.325 e. The van der Waals surface area contributed by atoms with E-state index in [1.54, 1.807) is 0 Å². The zero-order valence-corrected chi connectivity index (χ0v) is 5.61. The number of hydrogen-bond donors (Lipinski definition) is 0. The van der Waals surface area contributed by atoms with Crippen LogP contribution in [-0.4, -0.2) is 30.1 Å². The lowest BCUT2D eigenvalue weighted by atomic mass is 10.1. The zero-order chi connectivity index (χ0) is 8.65. The van der Waals surface area contributed by atoms with Gasteiger partial charge in [0, 0.05) is 5.57 Å². The first-order valence-corrected chi connectivity index (χ1v) is 2.94. The van der Waals surface area contributed by atoms with Gasteiger partial charge in [0.1, 0.15) is 6.54 Å². The van der Waals surface area contributed by atoms with Crippen LogP contribution < -0.4 is 0 Å². The van der Waals surface area contributed by atoms with Gasteiger partial charge in [0.25, 0.3) is 5.91 Å². The molecule has 1 amide bonds. The van der Waals surface area contributed by atoms with Crippen molar-refractivity contribution in [3.05, 3.63) is 12.2 Å². The number of halogens is 3. The van der Waals surface area contributed by atoms with Gasteiger partial charge in [0.2, 0.25) is 0 Å². The monoisotopic (exact) mass is 165 g/mol. The molecule has 1 aliphatic rings. The van der Waals surface area contributed by atoms with Crippen molar-refractivity contribution >= 4 is 5.91 Å². The highest BCUT2D eigenvalue weighted by molar-refractivity contribution is 5.99. The molecule has 1 rings (SSSR count). The molecule has 0 atom stereocenters. The molecule has 2 nitrogen and oxygen atoms in total. The van der Waals surface area contributed by atoms with Crippen molar-refractivity contribution in [2.24, 2.45) is 0 Å². The Morgan fingerprint density at radius 3 is 2.36 bits per heavy atom. The maximum Gasteiger partial charge on any atom is 0.406 e. The highest BCUT2D eigenvalue weighted by Crippen LogP contribution is 2.22. The molecule has 0 aromatic carbocycles. The number of carbonyl (C=O) groups excluding carboxylic acids is 1. The van der Waals surface area contributed by atoms with Gasteiger partial charge in [-0.3, -0.25) is 4.79 Å². The minimum atomic E-state index is -4.30. The third-order valence-electron chi connectivity index (χ3n) is 1.34. The maximum absolute atomic E-state index is 11.6. The van der Waals surface area contributed by atoms with E-state index in [1.807, 2.05) is 0 Å². The Morgan fingerprint density at radius 1 is 1.55 bits per heavy atom. The van der Waals surface area contributed by atoms with Crippen LogP contribution >= 0.6 is 0 Å². The molecule has 62 valence electrons. The molecule has 0 aromatic rings. The van der Waals surface area contributed by atoms with Gasteiger partial charge in [0.15, 0.2) is 0 Å². The fourth-order valence-corrected chi connectivity index (χ4v) is 0.846. The van der Waals surface area contributed by atoms with Gasteiger partial charge in [-0.05, 0) is 0 Å². The summed E-state index contributed by atoms with van der Waals surface area (Å²) in [5.74, 6) is -0.595. The number of β-lactam (4-membered cyclic amide) rings is 1. The van der Waals surface area contributed by atoms with Crippen LogP contribution in [0.1, 0.15) is 0 Å². The van der Waals surface area contributed by atoms with Gasteiger partial charge in [-0.2, -0.15) is 13.2 Å². The van der Waals surface area contributed by atoms with E-state index in [4.69, 9.17) is 0 Å². The predicted octanol–water partition coefficient (Wildman–Crippen LogP) is 0.947. The normalized spacial score (nSPS) is 18.6. The molecule has 0 aromatic heterocycles. The lowest BCUT2D eigenvalue weighted by molar-refractivity contribution is -0.164. The largest absolute Gasteiger partial charge is 0.406 e. The molecule has 0 N–H and O–H groups in total. The number of rotatable bonds is 1. The van der Waals surface area contributed by atoms with Gasteiger partial charge < -0.3 is 4.90 Å². The van der Waals surface area contributed by atoms with Crippen molar-refractivity contribution in [1.29, 1.82) is 0 Å². The van der Waals surface area contributed by atoms with Crippen molar-refractivity contribution in [2.45, 2.75) is 6.18 Å². The van der Waals surface area contributed by atoms with E-state index >= 15 is 0 Å². The van der Waals surface area contributed by atoms with Crippen LogP contribution in [0.4, 0.5) is 13.2 Å². The van der Waals surface area contributed by atoms with Crippen LogP contribution in [0.5, 0.6) is 0 Å². The quantitative estimate of drug-likeness (QED) is 0.418. The van der Waals surface area contributed by atoms with Crippen molar-refractivity contribution < 1.29 is 18.0 Å². The lowest BCUT2D eigenvalue weighted by Gasteiger charge is -2.32. The van der Waals surface area contributed by atoms with Crippen molar-refractivity contribution in [3.63, 3.8) is 0 Å². The fourth-order valence-electron chi connectivity index (χ4n) is 0.846. The third kappa shape index (κ3) is 1.72. The smallest absolute Gasteiger partial charge is 0.325 e. The van der Waals surface area contributed by atoms with E-state index in [9.17, 15) is 18.0 Å². The minimum absolute atomic E-state index is 0.0400. The van der Waals surface area contributed by atoms with Crippen LogP contribution in [0.3, 0.4) is 0 Å². The molecule has 5 heteroatoms. The highest BCUT2D eigenvalue weighted by atomic mass is 19.4. The number of alkyl halides is 3. The Balaban J connectivity index is 2.43. The molecular weight excluding hydrogens is 159 g/mol. The van der Waals surface area contributed by atoms with E-state index < -0.39 is 18.6 Å². The summed E-state index contributed by atoms with van der Waals surface area (Å²) in [5.41, 5.74) is 0.245. The van der Waals surface area contributed by atoms with Crippen LogP contribution in [0.2, 0.25) is 0 Å². The van der Waals surface area contributed by atoms with Gasteiger partial charge in [-0.1, -0.05) is 6.58 Å². The Kier molecular flexibility index (Phi) is 1.66. The molecule has 1 heterocycles. The molecule has 0 bridgehead atoms. The average molecular weight is 165 g/mol. The summed E-state index contributed by atoms with van der Waals surface area (Å²) < 4.78 is 34.8. The number of likely N-dealkylation sites (tertiary alicyclic amines) is 1. The lowest BCUT2D eigenvalue weighted by Crippen LogP contribution is -2.49. The zero-order valence-electron chi connectivity index (χ0n) is 5.61. The van der Waals surface area contributed by atoms with E-state index in [0.29, 0.717) is 4.90 Å². The Bertz CT molecular complexity index is 208. The van der Waals surface area contributed by atoms with Gasteiger partial charge in [-0.25, -0.2) is 0 Å². The van der Waals surface area contributed by atoms with Gasteiger partial charge >= 0.3 is 6.18 Å². The Hall–Kier alpha value is -1.00. The number of hydrogen-bond acceptors (Lipinski definition) is 1. The molecule has 1 aliphatic heterocycles. The van der Waals surface area contributed by atoms with E-state index in [0.717, 1.165) is 0 Å². The number of nitrogens with zero attached hydrogens (tertiary/aromatic N) is 1. The molecule has 11 heavy (non-hydrogen) atoms. The second-order valence-electron chi connectivity index (χ2n) is 2.38. The molecule has 0 aliphatic carbocycles. The molecule has 0 spiro atoms. The van der Waals surface area contributed by atoms with E-state index in [1.165, 1.54) is 0 Å². The van der Waals surface area contributed by atoms with Crippen molar-refractivity contribution in [3.8, 4) is 0 Å². The van der Waals surface area contributed by atoms with Crippen molar-refractivity contribution in [1.82, 2.24) is 4.90 Å². The summed E-state index contributed by atoms with van der Waals surface area (Å²) in [7, 11) is 0. The second kappa shape index (κ2) is 2.25. The summed E-state index contributed by atoms with van der Waals surface area (Å²) in [5, 5.41) is 0. The van der Waals surface area contributed by atoms with Crippen LogP contribution in [0, 0.1) is 0 Å². The Morgan fingerprint density at radius 2 is 2.09 bits per heavy atom.